The number of piperidine rings is 1. The molecule has 1 unspecified atom stereocenters. The summed E-state index contributed by atoms with van der Waals surface area (Å²) in [6.07, 6.45) is 5.03. The van der Waals surface area contributed by atoms with E-state index in [9.17, 15) is 14.4 Å². The van der Waals surface area contributed by atoms with E-state index in [1.54, 1.807) is 11.0 Å². The fourth-order valence-electron chi connectivity index (χ4n) is 4.67. The zero-order valence-electron chi connectivity index (χ0n) is 17.4. The Labute approximate surface area is 176 Å². The lowest BCUT2D eigenvalue weighted by atomic mass is 9.96. The van der Waals surface area contributed by atoms with Crippen LogP contribution in [-0.2, 0) is 14.3 Å². The van der Waals surface area contributed by atoms with Gasteiger partial charge in [-0.15, -0.1) is 0 Å². The molecule has 4 fully saturated rings. The van der Waals surface area contributed by atoms with E-state index in [4.69, 9.17) is 4.74 Å². The van der Waals surface area contributed by atoms with Crippen LogP contribution in [0.5, 0.6) is 0 Å². The summed E-state index contributed by atoms with van der Waals surface area (Å²) in [5.74, 6) is 0.106. The minimum Gasteiger partial charge on any atom is -0.353 e. The van der Waals surface area contributed by atoms with Crippen LogP contribution < -0.4 is 5.32 Å². The quantitative estimate of drug-likeness (QED) is 0.820. The molecule has 1 atom stereocenters. The predicted molar refractivity (Wildman–Crippen MR) is 110 cm³/mol. The molecule has 2 aliphatic carbocycles. The van der Waals surface area contributed by atoms with Crippen molar-refractivity contribution in [3.05, 3.63) is 35.4 Å². The lowest BCUT2D eigenvalue weighted by molar-refractivity contribution is -0.144. The van der Waals surface area contributed by atoms with Crippen LogP contribution in [0, 0.1) is 12.8 Å². The van der Waals surface area contributed by atoms with Crippen LogP contribution in [0.3, 0.4) is 0 Å². The third kappa shape index (κ3) is 3.60. The maximum Gasteiger partial charge on any atom is 0.256 e. The SMILES string of the molecule is Cc1cccc(C(=O)N2C(C(=O)NC3CC3)COC23CCN(C(=O)C2CC2)CC3)c1. The zero-order chi connectivity index (χ0) is 20.9. The molecule has 2 saturated carbocycles. The fraction of sp³-hybridized carbons (Fsp3) is 0.609. The van der Waals surface area contributed by atoms with E-state index in [1.807, 2.05) is 30.0 Å². The second-order valence-electron chi connectivity index (χ2n) is 9.20. The predicted octanol–water partition coefficient (Wildman–Crippen LogP) is 1.84. The number of aryl methyl sites for hydroxylation is 1. The summed E-state index contributed by atoms with van der Waals surface area (Å²) >= 11 is 0. The fourth-order valence-corrected chi connectivity index (χ4v) is 4.67. The van der Waals surface area contributed by atoms with Crippen LogP contribution in [0.15, 0.2) is 24.3 Å². The Morgan fingerprint density at radius 3 is 2.47 bits per heavy atom. The first-order chi connectivity index (χ1) is 14.5. The van der Waals surface area contributed by atoms with Gasteiger partial charge in [0.1, 0.15) is 11.8 Å². The Morgan fingerprint density at radius 1 is 1.10 bits per heavy atom. The van der Waals surface area contributed by atoms with E-state index in [1.165, 1.54) is 0 Å². The van der Waals surface area contributed by atoms with E-state index in [0.29, 0.717) is 31.5 Å². The van der Waals surface area contributed by atoms with Gasteiger partial charge < -0.3 is 15.0 Å². The molecule has 7 heteroatoms. The van der Waals surface area contributed by atoms with Crippen LogP contribution in [0.2, 0.25) is 0 Å². The van der Waals surface area contributed by atoms with Gasteiger partial charge in [-0.3, -0.25) is 19.3 Å². The smallest absolute Gasteiger partial charge is 0.256 e. The number of rotatable bonds is 4. The van der Waals surface area contributed by atoms with Gasteiger partial charge in [0.25, 0.3) is 5.91 Å². The van der Waals surface area contributed by atoms with Crippen molar-refractivity contribution < 1.29 is 19.1 Å². The molecular formula is C23H29N3O4. The average Bonchev–Trinajstić information content (AvgIpc) is 3.67. The summed E-state index contributed by atoms with van der Waals surface area (Å²) in [6, 6.07) is 7.06. The number of hydrogen-bond donors (Lipinski definition) is 1. The molecule has 3 amide bonds. The highest BCUT2D eigenvalue weighted by atomic mass is 16.5. The molecule has 5 rings (SSSR count). The van der Waals surface area contributed by atoms with Gasteiger partial charge in [0.2, 0.25) is 11.8 Å². The standard InChI is InChI=1S/C23H29N3O4/c1-15-3-2-4-17(13-15)22(29)26-19(20(27)24-18-7-8-18)14-30-23(26)9-11-25(12-10-23)21(28)16-5-6-16/h2-4,13,16,18-19H,5-12,14H2,1H3,(H,24,27). The van der Waals surface area contributed by atoms with Gasteiger partial charge in [-0.1, -0.05) is 17.7 Å². The zero-order valence-corrected chi connectivity index (χ0v) is 17.4. The summed E-state index contributed by atoms with van der Waals surface area (Å²) < 4.78 is 6.21. The van der Waals surface area contributed by atoms with Crippen LogP contribution in [0.4, 0.5) is 0 Å². The maximum absolute atomic E-state index is 13.6. The van der Waals surface area contributed by atoms with Crippen molar-refractivity contribution in [2.24, 2.45) is 5.92 Å². The molecule has 160 valence electrons. The largest absolute Gasteiger partial charge is 0.353 e. The lowest BCUT2D eigenvalue weighted by Crippen LogP contribution is -2.60. The van der Waals surface area contributed by atoms with E-state index in [-0.39, 0.29) is 36.3 Å². The number of hydrogen-bond acceptors (Lipinski definition) is 4. The normalized spacial score (nSPS) is 25.4. The molecule has 30 heavy (non-hydrogen) atoms. The highest BCUT2D eigenvalue weighted by molar-refractivity contribution is 5.98. The topological polar surface area (TPSA) is 79.0 Å². The summed E-state index contributed by atoms with van der Waals surface area (Å²) in [4.78, 5) is 42.6. The van der Waals surface area contributed by atoms with Crippen LogP contribution >= 0.6 is 0 Å². The Morgan fingerprint density at radius 2 is 1.83 bits per heavy atom. The first kappa shape index (κ1) is 19.5. The molecule has 2 aliphatic heterocycles. The van der Waals surface area contributed by atoms with Crippen molar-refractivity contribution >= 4 is 17.7 Å². The number of carbonyl (C=O) groups is 3. The van der Waals surface area contributed by atoms with Crippen molar-refractivity contribution in [3.8, 4) is 0 Å². The van der Waals surface area contributed by atoms with Crippen molar-refractivity contribution in [1.29, 1.82) is 0 Å². The highest BCUT2D eigenvalue weighted by Gasteiger charge is 2.55. The number of amides is 3. The van der Waals surface area contributed by atoms with Crippen LogP contribution in [0.25, 0.3) is 0 Å². The van der Waals surface area contributed by atoms with E-state index >= 15 is 0 Å². The van der Waals surface area contributed by atoms with Gasteiger partial charge in [0.05, 0.1) is 6.61 Å². The molecule has 1 aromatic rings. The molecule has 0 radical (unpaired) electrons. The number of ether oxygens (including phenoxy) is 1. The van der Waals surface area contributed by atoms with E-state index in [0.717, 1.165) is 31.2 Å². The third-order valence-corrected chi connectivity index (χ3v) is 6.75. The molecule has 1 N–H and O–H groups in total. The molecule has 2 saturated heterocycles. The number of benzene rings is 1. The molecule has 1 spiro atoms. The molecule has 4 aliphatic rings. The molecular weight excluding hydrogens is 382 g/mol. The molecule has 0 bridgehead atoms. The highest BCUT2D eigenvalue weighted by Crippen LogP contribution is 2.40. The Hall–Kier alpha value is -2.41. The monoisotopic (exact) mass is 411 g/mol. The Kier molecular flexibility index (Phi) is 4.81. The number of nitrogens with zero attached hydrogens (tertiary/aromatic N) is 2. The number of nitrogens with one attached hydrogen (secondary N) is 1. The van der Waals surface area contributed by atoms with Crippen molar-refractivity contribution in [3.63, 3.8) is 0 Å². The Balaban J connectivity index is 1.40. The van der Waals surface area contributed by atoms with E-state index < -0.39 is 11.8 Å². The summed E-state index contributed by atoms with van der Waals surface area (Å²) in [5, 5.41) is 3.04. The average molecular weight is 412 g/mol. The van der Waals surface area contributed by atoms with E-state index in [2.05, 4.69) is 5.32 Å². The second kappa shape index (κ2) is 7.38. The Bertz CT molecular complexity index is 869. The molecule has 0 aromatic heterocycles. The summed E-state index contributed by atoms with van der Waals surface area (Å²) in [5.41, 5.74) is 0.742. The van der Waals surface area contributed by atoms with Crippen molar-refractivity contribution in [1.82, 2.24) is 15.1 Å². The first-order valence-corrected chi connectivity index (χ1v) is 11.1. The van der Waals surface area contributed by atoms with Gasteiger partial charge in [-0.2, -0.15) is 0 Å². The third-order valence-electron chi connectivity index (χ3n) is 6.75. The van der Waals surface area contributed by atoms with Gasteiger partial charge in [-0.25, -0.2) is 0 Å². The minimum absolute atomic E-state index is 0.133. The maximum atomic E-state index is 13.6. The minimum atomic E-state index is -0.827. The summed E-state index contributed by atoms with van der Waals surface area (Å²) in [7, 11) is 0. The second-order valence-corrected chi connectivity index (χ2v) is 9.20. The summed E-state index contributed by atoms with van der Waals surface area (Å²) in [6.45, 7) is 3.27. The van der Waals surface area contributed by atoms with Crippen LogP contribution in [0.1, 0.15) is 54.4 Å². The lowest BCUT2D eigenvalue weighted by Gasteiger charge is -2.44. The first-order valence-electron chi connectivity index (χ1n) is 11.1. The molecule has 2 heterocycles. The van der Waals surface area contributed by atoms with Crippen molar-refractivity contribution in [2.45, 2.75) is 63.3 Å². The van der Waals surface area contributed by atoms with Gasteiger partial charge in [0, 0.05) is 43.5 Å². The number of likely N-dealkylation sites (tertiary alicyclic amines) is 1. The van der Waals surface area contributed by atoms with Gasteiger partial charge in [-0.05, 0) is 44.7 Å². The molecule has 7 nitrogen and oxygen atoms in total. The van der Waals surface area contributed by atoms with Gasteiger partial charge in [0.15, 0.2) is 0 Å². The van der Waals surface area contributed by atoms with Crippen LogP contribution in [-0.4, -0.2) is 65.0 Å². The number of carbonyl (C=O) groups excluding carboxylic acids is 3. The van der Waals surface area contributed by atoms with Crippen molar-refractivity contribution in [2.75, 3.05) is 19.7 Å². The van der Waals surface area contributed by atoms with Gasteiger partial charge >= 0.3 is 0 Å². The molecule has 1 aromatic carbocycles.